The van der Waals surface area contributed by atoms with Gasteiger partial charge in [-0.15, -0.1) is 0 Å². The molecule has 1 spiro atoms. The maximum absolute atomic E-state index is 12.3. The van der Waals surface area contributed by atoms with Gasteiger partial charge in [0.2, 0.25) is 0 Å². The van der Waals surface area contributed by atoms with Crippen molar-refractivity contribution >= 4 is 0 Å². The van der Waals surface area contributed by atoms with E-state index in [9.17, 15) is 46.0 Å². The van der Waals surface area contributed by atoms with Crippen molar-refractivity contribution in [1.82, 2.24) is 5.32 Å². The number of rotatable bonds is 7. The summed E-state index contributed by atoms with van der Waals surface area (Å²) in [6.45, 7) is 12.6. The van der Waals surface area contributed by atoms with E-state index in [-0.39, 0.29) is 34.5 Å². The fourth-order valence-electron chi connectivity index (χ4n) is 14.1. The monoisotopic (exact) mass is 883 g/mol. The molecule has 9 rings (SSSR count). The number of fused-ring (bicyclic) bond motifs is 7. The normalized spacial score (nSPS) is 58.9. The Kier molecular flexibility index (Phi) is 12.7. The van der Waals surface area contributed by atoms with Crippen LogP contribution in [0.1, 0.15) is 92.9 Å². The van der Waals surface area contributed by atoms with E-state index in [1.807, 2.05) is 0 Å². The molecule has 3 saturated carbocycles. The minimum absolute atomic E-state index is 0.116. The average molecular weight is 884 g/mol. The van der Waals surface area contributed by atoms with Crippen LogP contribution in [0.15, 0.2) is 11.6 Å². The summed E-state index contributed by atoms with van der Waals surface area (Å²) in [5.41, 5.74) is 0.504. The molecular weight excluding hydrogens is 810 g/mol. The maximum Gasteiger partial charge on any atom is 0.187 e. The molecule has 0 aromatic carbocycles. The summed E-state index contributed by atoms with van der Waals surface area (Å²) in [4.78, 5) is 0. The third-order valence-electron chi connectivity index (χ3n) is 18.0. The first kappa shape index (κ1) is 46.2. The highest BCUT2D eigenvalue weighted by atomic mass is 16.8. The molecule has 0 amide bonds. The number of hydrogen-bond acceptors (Lipinski definition) is 17. The molecule has 4 aliphatic carbocycles. The SMILES string of the molecule is CC1CCC2(NC1)OC1CC3C4CC=C5CC(OC6OC(CO)C(OC7OC(C)C(O)C(O)C7O)C(O)C6OC6OC(C)C(O)C(O)C6O)CCC5(C)C4CC(O)C3(C)C1C2C. The van der Waals surface area contributed by atoms with Gasteiger partial charge in [0.05, 0.1) is 37.1 Å². The molecule has 0 aromatic rings. The van der Waals surface area contributed by atoms with E-state index < -0.39 is 111 Å². The van der Waals surface area contributed by atoms with Gasteiger partial charge in [0, 0.05) is 17.9 Å². The summed E-state index contributed by atoms with van der Waals surface area (Å²) < 4.78 is 43.6. The van der Waals surface area contributed by atoms with Crippen molar-refractivity contribution in [2.75, 3.05) is 13.2 Å². The second kappa shape index (κ2) is 17.0. The minimum atomic E-state index is -1.73. The zero-order valence-corrected chi connectivity index (χ0v) is 36.9. The summed E-state index contributed by atoms with van der Waals surface area (Å²) in [6.07, 6.45) is -13.5. The summed E-state index contributed by atoms with van der Waals surface area (Å²) in [5.74, 6) is 2.20. The summed E-state index contributed by atoms with van der Waals surface area (Å²) in [6, 6.07) is 0. The van der Waals surface area contributed by atoms with Crippen LogP contribution in [-0.4, -0.2) is 175 Å². The lowest BCUT2D eigenvalue weighted by molar-refractivity contribution is -0.388. The van der Waals surface area contributed by atoms with Crippen molar-refractivity contribution in [3.63, 3.8) is 0 Å². The first-order chi connectivity index (χ1) is 29.3. The van der Waals surface area contributed by atoms with Gasteiger partial charge in [-0.3, -0.25) is 5.32 Å². The summed E-state index contributed by atoms with van der Waals surface area (Å²) in [7, 11) is 0. The van der Waals surface area contributed by atoms with E-state index in [0.717, 1.165) is 38.6 Å². The first-order valence-corrected chi connectivity index (χ1v) is 23.4. The van der Waals surface area contributed by atoms with E-state index in [4.69, 9.17) is 33.2 Å². The van der Waals surface area contributed by atoms with E-state index in [0.29, 0.717) is 42.9 Å². The molecule has 9 aliphatic rings. The Morgan fingerprint density at radius 3 is 1.97 bits per heavy atom. The summed E-state index contributed by atoms with van der Waals surface area (Å²) in [5, 5.41) is 102. The van der Waals surface area contributed by atoms with Gasteiger partial charge in [0.25, 0.3) is 0 Å². The van der Waals surface area contributed by atoms with Gasteiger partial charge in [-0.25, -0.2) is 0 Å². The molecule has 0 radical (unpaired) electrons. The molecule has 0 aromatic heterocycles. The maximum atomic E-state index is 12.3. The quantitative estimate of drug-likeness (QED) is 0.148. The Balaban J connectivity index is 0.927. The van der Waals surface area contributed by atoms with Gasteiger partial charge in [-0.1, -0.05) is 39.3 Å². The van der Waals surface area contributed by atoms with Crippen molar-refractivity contribution in [2.24, 2.45) is 46.3 Å². The second-order valence-electron chi connectivity index (χ2n) is 21.3. The highest BCUT2D eigenvalue weighted by Gasteiger charge is 2.71. The molecule has 5 heterocycles. The predicted molar refractivity (Wildman–Crippen MR) is 216 cm³/mol. The Morgan fingerprint density at radius 2 is 1.35 bits per heavy atom. The Bertz CT molecular complexity index is 1630. The lowest BCUT2D eigenvalue weighted by atomic mass is 9.46. The third-order valence-corrected chi connectivity index (χ3v) is 18.0. The number of aliphatic hydroxyl groups is 9. The van der Waals surface area contributed by atoms with Crippen LogP contribution in [-0.2, 0) is 33.2 Å². The van der Waals surface area contributed by atoms with Crippen molar-refractivity contribution in [1.29, 1.82) is 0 Å². The van der Waals surface area contributed by atoms with Crippen LogP contribution in [0.2, 0.25) is 0 Å². The zero-order valence-electron chi connectivity index (χ0n) is 36.9. The number of allylic oxidation sites excluding steroid dienone is 1. The molecule has 62 heavy (non-hydrogen) atoms. The van der Waals surface area contributed by atoms with Crippen LogP contribution in [0.25, 0.3) is 0 Å². The lowest BCUT2D eigenvalue weighted by Gasteiger charge is -2.60. The van der Waals surface area contributed by atoms with E-state index in [2.05, 4.69) is 39.1 Å². The van der Waals surface area contributed by atoms with Gasteiger partial charge < -0.3 is 79.1 Å². The lowest BCUT2D eigenvalue weighted by Crippen LogP contribution is -2.66. The molecule has 0 bridgehead atoms. The Labute approximate surface area is 364 Å². The highest BCUT2D eigenvalue weighted by Crippen LogP contribution is 2.70. The highest BCUT2D eigenvalue weighted by molar-refractivity contribution is 5.27. The van der Waals surface area contributed by atoms with Crippen LogP contribution in [0.3, 0.4) is 0 Å². The second-order valence-corrected chi connectivity index (χ2v) is 21.3. The molecule has 5 saturated heterocycles. The Morgan fingerprint density at radius 1 is 0.710 bits per heavy atom. The van der Waals surface area contributed by atoms with Gasteiger partial charge in [-0.2, -0.15) is 0 Å². The molecular formula is C45H73NO16. The van der Waals surface area contributed by atoms with Crippen molar-refractivity contribution in [3.8, 4) is 0 Å². The molecule has 354 valence electrons. The topological polar surface area (TPSA) is 259 Å². The zero-order chi connectivity index (χ0) is 44.4. The fraction of sp³-hybridized carbons (Fsp3) is 0.956. The van der Waals surface area contributed by atoms with Crippen LogP contribution in [0, 0.1) is 46.3 Å². The number of piperidine rings is 1. The first-order valence-electron chi connectivity index (χ1n) is 23.4. The smallest absolute Gasteiger partial charge is 0.187 e. The molecule has 10 N–H and O–H groups in total. The van der Waals surface area contributed by atoms with Crippen molar-refractivity contribution in [3.05, 3.63) is 11.6 Å². The standard InChI is InChI=1S/C45H73NO16/c1-18-9-12-45(46-16-18)19(2)30-27(62-45)14-26-24-8-7-22-13-23(10-11-43(22,5)25(24)15-29(48)44(26,30)6)58-42-39(61-41-36(54)34(52)32(50)21(4)57-41)37(55)38(28(17-47)59-42)60-40-35(53)33(51)31(49)20(3)56-40/h7,18-21,23-42,46-55H,8-17H2,1-6H3. The van der Waals surface area contributed by atoms with Crippen molar-refractivity contribution in [2.45, 2.75) is 209 Å². The molecule has 27 atom stereocenters. The van der Waals surface area contributed by atoms with Crippen LogP contribution in [0.5, 0.6) is 0 Å². The van der Waals surface area contributed by atoms with Crippen molar-refractivity contribution < 1.29 is 79.1 Å². The van der Waals surface area contributed by atoms with Crippen LogP contribution < -0.4 is 5.32 Å². The number of ether oxygens (including phenoxy) is 7. The minimum Gasteiger partial charge on any atom is -0.394 e. The fourth-order valence-corrected chi connectivity index (χ4v) is 14.1. The van der Waals surface area contributed by atoms with Gasteiger partial charge in [-0.05, 0) is 100 Å². The predicted octanol–water partition coefficient (Wildman–Crippen LogP) is -0.214. The number of aliphatic hydroxyl groups excluding tert-OH is 9. The van der Waals surface area contributed by atoms with Crippen LogP contribution in [0.4, 0.5) is 0 Å². The van der Waals surface area contributed by atoms with Gasteiger partial charge >= 0.3 is 0 Å². The van der Waals surface area contributed by atoms with E-state index in [1.54, 1.807) is 0 Å². The number of hydrogen-bond donors (Lipinski definition) is 10. The molecule has 17 nitrogen and oxygen atoms in total. The van der Waals surface area contributed by atoms with Gasteiger partial charge in [0.15, 0.2) is 18.9 Å². The van der Waals surface area contributed by atoms with E-state index >= 15 is 0 Å². The third kappa shape index (κ3) is 7.31. The van der Waals surface area contributed by atoms with E-state index in [1.165, 1.54) is 19.4 Å². The average Bonchev–Trinajstić information content (AvgIpc) is 3.70. The molecule has 17 heteroatoms. The molecule has 5 aliphatic heterocycles. The Hall–Kier alpha value is -0.940. The molecule has 8 fully saturated rings. The van der Waals surface area contributed by atoms with Crippen LogP contribution >= 0.6 is 0 Å². The largest absolute Gasteiger partial charge is 0.394 e. The molecule has 27 unspecified atom stereocenters. The van der Waals surface area contributed by atoms with Gasteiger partial charge in [0.1, 0.15) is 66.8 Å². The number of nitrogens with one attached hydrogen (secondary N) is 1. The summed E-state index contributed by atoms with van der Waals surface area (Å²) >= 11 is 0.